The second-order valence-corrected chi connectivity index (χ2v) is 5.40. The maximum absolute atomic E-state index is 12.3. The molecular formula is C19H19N3O2. The van der Waals surface area contributed by atoms with Crippen molar-refractivity contribution in [3.8, 4) is 5.75 Å². The number of benzene rings is 2. The number of methoxy groups -OCH3 is 1. The van der Waals surface area contributed by atoms with Gasteiger partial charge in [-0.3, -0.25) is 9.48 Å². The molecular weight excluding hydrogens is 302 g/mol. The zero-order chi connectivity index (χ0) is 16.8. The number of ether oxygens (including phenoxy) is 1. The van der Waals surface area contributed by atoms with Gasteiger partial charge in [-0.2, -0.15) is 5.10 Å². The molecule has 24 heavy (non-hydrogen) atoms. The topological polar surface area (TPSA) is 56.1 Å². The molecule has 5 nitrogen and oxygen atoms in total. The predicted octanol–water partition coefficient (Wildman–Crippen LogP) is 2.87. The van der Waals surface area contributed by atoms with Gasteiger partial charge in [0.05, 0.1) is 19.2 Å². The summed E-state index contributed by atoms with van der Waals surface area (Å²) < 4.78 is 7.09. The summed E-state index contributed by atoms with van der Waals surface area (Å²) in [5.41, 5.74) is 2.75. The van der Waals surface area contributed by atoms with E-state index in [1.807, 2.05) is 53.3 Å². The first-order valence-electron chi connectivity index (χ1n) is 7.73. The molecule has 5 heteroatoms. The third-order valence-electron chi connectivity index (χ3n) is 3.73. The Labute approximate surface area is 140 Å². The summed E-state index contributed by atoms with van der Waals surface area (Å²) >= 11 is 0. The highest BCUT2D eigenvalue weighted by Gasteiger charge is 2.10. The standard InChI is InChI=1S/C19H19N3O2/c1-24-18-6-3-2-5-17(18)19(23)20-13-15-7-9-16(10-8-15)14-22-12-4-11-21-22/h2-12H,13-14H2,1H3,(H,20,23). The second kappa shape index (κ2) is 7.46. The first-order chi connectivity index (χ1) is 11.8. The van der Waals surface area contributed by atoms with Crippen LogP contribution in [0.4, 0.5) is 0 Å². The quantitative estimate of drug-likeness (QED) is 0.759. The van der Waals surface area contributed by atoms with E-state index in [1.54, 1.807) is 25.4 Å². The summed E-state index contributed by atoms with van der Waals surface area (Å²) in [7, 11) is 1.56. The number of aromatic nitrogens is 2. The van der Waals surface area contributed by atoms with Crippen LogP contribution in [0.3, 0.4) is 0 Å². The molecule has 0 saturated heterocycles. The molecule has 0 saturated carbocycles. The van der Waals surface area contributed by atoms with Gasteiger partial charge < -0.3 is 10.1 Å². The summed E-state index contributed by atoms with van der Waals surface area (Å²) in [5, 5.41) is 7.11. The molecule has 0 aliphatic carbocycles. The monoisotopic (exact) mass is 321 g/mol. The minimum absolute atomic E-state index is 0.145. The molecule has 122 valence electrons. The smallest absolute Gasteiger partial charge is 0.255 e. The number of carbonyl (C=O) groups excluding carboxylic acids is 1. The average molecular weight is 321 g/mol. The average Bonchev–Trinajstić information content (AvgIpc) is 3.14. The Morgan fingerprint density at radius 2 is 1.83 bits per heavy atom. The molecule has 3 aromatic rings. The second-order valence-electron chi connectivity index (χ2n) is 5.40. The van der Waals surface area contributed by atoms with E-state index in [1.165, 1.54) is 5.56 Å². The van der Waals surface area contributed by atoms with Crippen LogP contribution in [-0.4, -0.2) is 22.8 Å². The van der Waals surface area contributed by atoms with Gasteiger partial charge in [0.25, 0.3) is 5.91 Å². The van der Waals surface area contributed by atoms with Crippen molar-refractivity contribution in [2.24, 2.45) is 0 Å². The van der Waals surface area contributed by atoms with E-state index in [0.29, 0.717) is 17.9 Å². The maximum atomic E-state index is 12.3. The fourth-order valence-corrected chi connectivity index (χ4v) is 2.45. The fourth-order valence-electron chi connectivity index (χ4n) is 2.45. The van der Waals surface area contributed by atoms with Crippen LogP contribution in [0.15, 0.2) is 67.0 Å². The molecule has 1 N–H and O–H groups in total. The van der Waals surface area contributed by atoms with E-state index < -0.39 is 0 Å². The van der Waals surface area contributed by atoms with Crippen LogP contribution in [0, 0.1) is 0 Å². The van der Waals surface area contributed by atoms with E-state index in [4.69, 9.17) is 4.74 Å². The van der Waals surface area contributed by atoms with Gasteiger partial charge in [0.15, 0.2) is 0 Å². The van der Waals surface area contributed by atoms with Gasteiger partial charge in [-0.1, -0.05) is 36.4 Å². The Hall–Kier alpha value is -3.08. The van der Waals surface area contributed by atoms with Crippen molar-refractivity contribution < 1.29 is 9.53 Å². The number of amides is 1. The maximum Gasteiger partial charge on any atom is 0.255 e. The van der Waals surface area contributed by atoms with Crippen LogP contribution in [-0.2, 0) is 13.1 Å². The summed E-state index contributed by atoms with van der Waals surface area (Å²) in [4.78, 5) is 12.3. The Kier molecular flexibility index (Phi) is 4.91. The first-order valence-corrected chi connectivity index (χ1v) is 7.73. The van der Waals surface area contributed by atoms with Gasteiger partial charge in [0, 0.05) is 18.9 Å². The summed E-state index contributed by atoms with van der Waals surface area (Å²) in [6.07, 6.45) is 3.70. The van der Waals surface area contributed by atoms with Crippen molar-refractivity contribution in [2.45, 2.75) is 13.1 Å². The van der Waals surface area contributed by atoms with Gasteiger partial charge in [-0.25, -0.2) is 0 Å². The first kappa shape index (κ1) is 15.8. The summed E-state index contributed by atoms with van der Waals surface area (Å²) in [5.74, 6) is 0.428. The molecule has 0 unspecified atom stereocenters. The lowest BCUT2D eigenvalue weighted by atomic mass is 10.1. The molecule has 0 atom stereocenters. The number of carbonyl (C=O) groups is 1. The SMILES string of the molecule is COc1ccccc1C(=O)NCc1ccc(Cn2cccn2)cc1. The lowest BCUT2D eigenvalue weighted by Gasteiger charge is -2.09. The van der Waals surface area contributed by atoms with Crippen LogP contribution >= 0.6 is 0 Å². The Balaban J connectivity index is 1.59. The molecule has 0 fully saturated rings. The largest absolute Gasteiger partial charge is 0.496 e. The molecule has 2 aromatic carbocycles. The van der Waals surface area contributed by atoms with E-state index in [0.717, 1.165) is 12.1 Å². The van der Waals surface area contributed by atoms with Gasteiger partial charge in [0.1, 0.15) is 5.75 Å². The highest BCUT2D eigenvalue weighted by molar-refractivity contribution is 5.96. The molecule has 0 radical (unpaired) electrons. The lowest BCUT2D eigenvalue weighted by Crippen LogP contribution is -2.23. The molecule has 0 spiro atoms. The predicted molar refractivity (Wildman–Crippen MR) is 91.9 cm³/mol. The van der Waals surface area contributed by atoms with Crippen molar-refractivity contribution in [3.63, 3.8) is 0 Å². The Bertz CT molecular complexity index is 796. The number of nitrogens with zero attached hydrogens (tertiary/aromatic N) is 2. The lowest BCUT2D eigenvalue weighted by molar-refractivity contribution is 0.0948. The highest BCUT2D eigenvalue weighted by atomic mass is 16.5. The Morgan fingerprint density at radius 3 is 2.54 bits per heavy atom. The van der Waals surface area contributed by atoms with Gasteiger partial charge in [0.2, 0.25) is 0 Å². The Morgan fingerprint density at radius 1 is 1.08 bits per heavy atom. The van der Waals surface area contributed by atoms with Crippen molar-refractivity contribution in [3.05, 3.63) is 83.7 Å². The third kappa shape index (κ3) is 3.81. The molecule has 1 aromatic heterocycles. The number of para-hydroxylation sites is 1. The minimum Gasteiger partial charge on any atom is -0.496 e. The van der Waals surface area contributed by atoms with Gasteiger partial charge >= 0.3 is 0 Å². The number of rotatable bonds is 6. The van der Waals surface area contributed by atoms with Crippen molar-refractivity contribution in [1.29, 1.82) is 0 Å². The highest BCUT2D eigenvalue weighted by Crippen LogP contribution is 2.17. The molecule has 1 heterocycles. The van der Waals surface area contributed by atoms with Crippen LogP contribution < -0.4 is 10.1 Å². The summed E-state index contributed by atoms with van der Waals surface area (Å²) in [6, 6.07) is 17.2. The zero-order valence-corrected chi connectivity index (χ0v) is 13.5. The van der Waals surface area contributed by atoms with E-state index in [-0.39, 0.29) is 5.91 Å². The molecule has 0 aliphatic heterocycles. The number of hydrogen-bond donors (Lipinski definition) is 1. The normalized spacial score (nSPS) is 10.4. The van der Waals surface area contributed by atoms with E-state index in [9.17, 15) is 4.79 Å². The van der Waals surface area contributed by atoms with E-state index in [2.05, 4.69) is 10.4 Å². The molecule has 0 aliphatic rings. The summed E-state index contributed by atoms with van der Waals surface area (Å²) in [6.45, 7) is 1.21. The molecule has 1 amide bonds. The van der Waals surface area contributed by atoms with Crippen molar-refractivity contribution in [2.75, 3.05) is 7.11 Å². The van der Waals surface area contributed by atoms with Crippen molar-refractivity contribution >= 4 is 5.91 Å². The number of hydrogen-bond acceptors (Lipinski definition) is 3. The van der Waals surface area contributed by atoms with Gasteiger partial charge in [-0.05, 0) is 29.3 Å². The fraction of sp³-hybridized carbons (Fsp3) is 0.158. The van der Waals surface area contributed by atoms with Crippen LogP contribution in [0.5, 0.6) is 5.75 Å². The molecule has 0 bridgehead atoms. The van der Waals surface area contributed by atoms with E-state index >= 15 is 0 Å². The zero-order valence-electron chi connectivity index (χ0n) is 13.5. The van der Waals surface area contributed by atoms with Crippen molar-refractivity contribution in [1.82, 2.24) is 15.1 Å². The number of nitrogens with one attached hydrogen (secondary N) is 1. The van der Waals surface area contributed by atoms with Crippen LogP contribution in [0.25, 0.3) is 0 Å². The van der Waals surface area contributed by atoms with Crippen LogP contribution in [0.1, 0.15) is 21.5 Å². The third-order valence-corrected chi connectivity index (χ3v) is 3.73. The minimum atomic E-state index is -0.145. The molecule has 3 rings (SSSR count). The van der Waals surface area contributed by atoms with Crippen LogP contribution in [0.2, 0.25) is 0 Å². The van der Waals surface area contributed by atoms with Gasteiger partial charge in [-0.15, -0.1) is 0 Å².